The maximum Gasteiger partial charge on any atom is 0.341 e. The lowest BCUT2D eigenvalue weighted by Crippen LogP contribution is -2.24. The fourth-order valence-corrected chi connectivity index (χ4v) is 4.16. The van der Waals surface area contributed by atoms with E-state index in [0.717, 1.165) is 40.9 Å². The molecule has 0 radical (unpaired) electrons. The molecule has 4 rings (SSSR count). The molecule has 0 fully saturated rings. The van der Waals surface area contributed by atoms with E-state index < -0.39 is 18.5 Å². The van der Waals surface area contributed by atoms with E-state index in [1.54, 1.807) is 6.07 Å². The van der Waals surface area contributed by atoms with Crippen LogP contribution < -0.4 is 15.4 Å². The summed E-state index contributed by atoms with van der Waals surface area (Å²) < 4.78 is 5.69. The minimum absolute atomic E-state index is 0.106. The van der Waals surface area contributed by atoms with Crippen molar-refractivity contribution in [3.63, 3.8) is 0 Å². The quantitative estimate of drug-likeness (QED) is 0.616. The standard InChI is InChI=1S/C25H24N2O4/c26-22(28)14-19-9-4-8-18-12-13-27(15-17-6-2-1-3-7-17)20-10-5-11-21(25(20)24(18)19)31-16-23(29)30/h1-11H,12-16H2,(H2,26,28)(H,29,30). The van der Waals surface area contributed by atoms with Gasteiger partial charge < -0.3 is 20.5 Å². The zero-order valence-corrected chi connectivity index (χ0v) is 17.1. The number of carbonyl (C=O) groups excluding carboxylic acids is 1. The summed E-state index contributed by atoms with van der Waals surface area (Å²) in [5, 5.41) is 9.15. The molecule has 6 nitrogen and oxygen atoms in total. The van der Waals surface area contributed by atoms with Crippen LogP contribution in [-0.2, 0) is 29.0 Å². The smallest absolute Gasteiger partial charge is 0.341 e. The maximum atomic E-state index is 11.8. The molecular weight excluding hydrogens is 392 g/mol. The van der Waals surface area contributed by atoms with Crippen molar-refractivity contribution >= 4 is 17.6 Å². The van der Waals surface area contributed by atoms with Gasteiger partial charge in [0.2, 0.25) is 5.91 Å². The van der Waals surface area contributed by atoms with Crippen LogP contribution in [0.4, 0.5) is 5.69 Å². The van der Waals surface area contributed by atoms with Crippen molar-refractivity contribution in [3.8, 4) is 16.9 Å². The number of nitrogens with zero attached hydrogens (tertiary/aromatic N) is 1. The first-order valence-electron chi connectivity index (χ1n) is 10.2. The largest absolute Gasteiger partial charge is 0.481 e. The van der Waals surface area contributed by atoms with E-state index in [1.807, 2.05) is 48.5 Å². The number of hydrogen-bond donors (Lipinski definition) is 2. The zero-order valence-electron chi connectivity index (χ0n) is 17.1. The Hall–Kier alpha value is -3.80. The van der Waals surface area contributed by atoms with Gasteiger partial charge in [0, 0.05) is 24.3 Å². The second kappa shape index (κ2) is 8.92. The predicted molar refractivity (Wildman–Crippen MR) is 119 cm³/mol. The summed E-state index contributed by atoms with van der Waals surface area (Å²) >= 11 is 0. The summed E-state index contributed by atoms with van der Waals surface area (Å²) in [7, 11) is 0. The Morgan fingerprint density at radius 2 is 1.74 bits per heavy atom. The average molecular weight is 416 g/mol. The van der Waals surface area contributed by atoms with Gasteiger partial charge in [0.05, 0.1) is 6.42 Å². The van der Waals surface area contributed by atoms with Crippen molar-refractivity contribution in [3.05, 3.63) is 83.4 Å². The van der Waals surface area contributed by atoms with Gasteiger partial charge in [0.1, 0.15) is 5.75 Å². The Morgan fingerprint density at radius 1 is 0.968 bits per heavy atom. The molecule has 158 valence electrons. The van der Waals surface area contributed by atoms with Crippen LogP contribution in [0.15, 0.2) is 66.7 Å². The van der Waals surface area contributed by atoms with E-state index >= 15 is 0 Å². The number of primary amides is 1. The molecule has 0 unspecified atom stereocenters. The Morgan fingerprint density at radius 3 is 2.48 bits per heavy atom. The lowest BCUT2D eigenvalue weighted by molar-refractivity contribution is -0.139. The summed E-state index contributed by atoms with van der Waals surface area (Å²) in [6.07, 6.45) is 0.885. The molecule has 0 saturated heterocycles. The molecule has 0 saturated carbocycles. The van der Waals surface area contributed by atoms with E-state index in [-0.39, 0.29) is 6.42 Å². The molecule has 0 aromatic heterocycles. The number of anilines is 1. The van der Waals surface area contributed by atoms with Crippen LogP contribution in [0.5, 0.6) is 5.75 Å². The Balaban J connectivity index is 1.88. The predicted octanol–water partition coefficient (Wildman–Crippen LogP) is 3.41. The summed E-state index contributed by atoms with van der Waals surface area (Å²) in [6, 6.07) is 21.7. The van der Waals surface area contributed by atoms with Crippen LogP contribution >= 0.6 is 0 Å². The highest BCUT2D eigenvalue weighted by Crippen LogP contribution is 2.45. The molecule has 1 amide bonds. The molecule has 3 N–H and O–H groups in total. The van der Waals surface area contributed by atoms with Gasteiger partial charge in [-0.15, -0.1) is 0 Å². The SMILES string of the molecule is NC(=O)Cc1cccc2c1-c1c(OCC(=O)O)cccc1N(Cc1ccccc1)CC2. The Kier molecular flexibility index (Phi) is 5.89. The summed E-state index contributed by atoms with van der Waals surface area (Å²) in [5.41, 5.74) is 11.3. The first-order valence-corrected chi connectivity index (χ1v) is 10.2. The van der Waals surface area contributed by atoms with E-state index in [1.165, 1.54) is 5.56 Å². The van der Waals surface area contributed by atoms with Crippen LogP contribution in [0, 0.1) is 0 Å². The summed E-state index contributed by atoms with van der Waals surface area (Å²) in [6.45, 7) is 1.04. The number of carboxylic acid groups (broad SMARTS) is 1. The first kappa shape index (κ1) is 20.5. The molecule has 0 bridgehead atoms. The van der Waals surface area contributed by atoms with E-state index in [2.05, 4.69) is 17.0 Å². The Labute approximate surface area is 180 Å². The van der Waals surface area contributed by atoms with Crippen LogP contribution in [0.3, 0.4) is 0 Å². The van der Waals surface area contributed by atoms with Crippen LogP contribution in [0.25, 0.3) is 11.1 Å². The highest BCUT2D eigenvalue weighted by molar-refractivity contribution is 5.91. The third kappa shape index (κ3) is 4.53. The van der Waals surface area contributed by atoms with E-state index in [9.17, 15) is 9.59 Å². The number of carboxylic acids is 1. The van der Waals surface area contributed by atoms with Gasteiger partial charge in [-0.1, -0.05) is 54.6 Å². The minimum Gasteiger partial charge on any atom is -0.481 e. The number of rotatable bonds is 7. The molecule has 0 spiro atoms. The van der Waals surface area contributed by atoms with Crippen LogP contribution in [-0.4, -0.2) is 30.1 Å². The number of ether oxygens (including phenoxy) is 1. The lowest BCUT2D eigenvalue weighted by atomic mass is 9.90. The van der Waals surface area contributed by atoms with Crippen molar-refractivity contribution in [1.82, 2.24) is 0 Å². The average Bonchev–Trinajstić information content (AvgIpc) is 2.91. The maximum absolute atomic E-state index is 11.8. The molecule has 1 aliphatic rings. The second-order valence-electron chi connectivity index (χ2n) is 7.58. The third-order valence-corrected chi connectivity index (χ3v) is 5.42. The van der Waals surface area contributed by atoms with Gasteiger partial charge in [-0.05, 0) is 40.8 Å². The molecule has 6 heteroatoms. The highest BCUT2D eigenvalue weighted by atomic mass is 16.5. The summed E-state index contributed by atoms with van der Waals surface area (Å²) in [4.78, 5) is 25.2. The fourth-order valence-electron chi connectivity index (χ4n) is 4.16. The molecule has 3 aromatic carbocycles. The molecule has 31 heavy (non-hydrogen) atoms. The van der Waals surface area contributed by atoms with Crippen molar-refractivity contribution < 1.29 is 19.4 Å². The fraction of sp³-hybridized carbons (Fsp3) is 0.200. The van der Waals surface area contributed by atoms with Gasteiger partial charge in [-0.3, -0.25) is 4.79 Å². The Bertz CT molecular complexity index is 1110. The van der Waals surface area contributed by atoms with Gasteiger partial charge in [0.25, 0.3) is 0 Å². The van der Waals surface area contributed by atoms with E-state index in [4.69, 9.17) is 15.6 Å². The first-order chi connectivity index (χ1) is 15.0. The van der Waals surface area contributed by atoms with Crippen molar-refractivity contribution in [2.24, 2.45) is 5.73 Å². The number of amides is 1. The van der Waals surface area contributed by atoms with Gasteiger partial charge in [0.15, 0.2) is 6.61 Å². The highest BCUT2D eigenvalue weighted by Gasteiger charge is 2.26. The molecule has 1 heterocycles. The minimum atomic E-state index is -1.04. The molecule has 3 aromatic rings. The number of fused-ring (bicyclic) bond motifs is 3. The van der Waals surface area contributed by atoms with Gasteiger partial charge in [-0.2, -0.15) is 0 Å². The number of carbonyl (C=O) groups is 2. The molecule has 0 atom stereocenters. The monoisotopic (exact) mass is 416 g/mol. The van der Waals surface area contributed by atoms with Crippen molar-refractivity contribution in [2.75, 3.05) is 18.1 Å². The second-order valence-corrected chi connectivity index (χ2v) is 7.58. The molecule has 1 aliphatic heterocycles. The topological polar surface area (TPSA) is 92.9 Å². The van der Waals surface area contributed by atoms with Gasteiger partial charge in [-0.25, -0.2) is 4.79 Å². The van der Waals surface area contributed by atoms with Crippen LogP contribution in [0.2, 0.25) is 0 Å². The molecular formula is C25H24N2O4. The van der Waals surface area contributed by atoms with Crippen molar-refractivity contribution in [2.45, 2.75) is 19.4 Å². The molecule has 0 aliphatic carbocycles. The number of benzene rings is 3. The van der Waals surface area contributed by atoms with Crippen LogP contribution in [0.1, 0.15) is 16.7 Å². The number of nitrogens with two attached hydrogens (primary N) is 1. The number of hydrogen-bond acceptors (Lipinski definition) is 4. The van der Waals surface area contributed by atoms with Crippen molar-refractivity contribution in [1.29, 1.82) is 0 Å². The zero-order chi connectivity index (χ0) is 21.8. The lowest BCUT2D eigenvalue weighted by Gasteiger charge is -2.26. The van der Waals surface area contributed by atoms with E-state index in [0.29, 0.717) is 12.3 Å². The van der Waals surface area contributed by atoms with Gasteiger partial charge >= 0.3 is 5.97 Å². The third-order valence-electron chi connectivity index (χ3n) is 5.42. The normalized spacial score (nSPS) is 12.5. The summed E-state index contributed by atoms with van der Waals surface area (Å²) in [5.74, 6) is -0.972. The number of aliphatic carboxylic acids is 1.